The lowest BCUT2D eigenvalue weighted by Gasteiger charge is -2.44. The van der Waals surface area contributed by atoms with Gasteiger partial charge in [0.15, 0.2) is 17.3 Å². The third-order valence-electron chi connectivity index (χ3n) is 5.83. The maximum atomic E-state index is 11.9. The van der Waals surface area contributed by atoms with Gasteiger partial charge in [0, 0.05) is 31.0 Å². The average Bonchev–Trinajstić information content (AvgIpc) is 2.86. The Balaban J connectivity index is 1.76. The van der Waals surface area contributed by atoms with Crippen LogP contribution >= 0.6 is 0 Å². The summed E-state index contributed by atoms with van der Waals surface area (Å²) < 4.78 is 11.6. The van der Waals surface area contributed by atoms with Gasteiger partial charge in [0.1, 0.15) is 0 Å². The molecule has 1 unspecified atom stereocenters. The Morgan fingerprint density at radius 1 is 1.33 bits per heavy atom. The predicted molar refractivity (Wildman–Crippen MR) is 92.7 cm³/mol. The second-order valence-electron chi connectivity index (χ2n) is 7.14. The standard InChI is InChI=1S/C20H25NO3/c1-3-4-9-24-18-10-14-13-21-8-7-20(16(14)12-17(18)23-2)6-5-15(22)11-19(20)21/h5-6,10,12,19H,3-4,7-9,11,13H2,1-2H3/t19-,20-/m0/s1. The van der Waals surface area contributed by atoms with Crippen molar-refractivity contribution < 1.29 is 14.3 Å². The molecule has 3 atom stereocenters. The van der Waals surface area contributed by atoms with E-state index in [0.717, 1.165) is 50.5 Å². The van der Waals surface area contributed by atoms with Gasteiger partial charge in [-0.15, -0.1) is 0 Å². The molecular weight excluding hydrogens is 302 g/mol. The van der Waals surface area contributed by atoms with Crippen LogP contribution < -0.4 is 9.47 Å². The van der Waals surface area contributed by atoms with Crippen LogP contribution in [0.5, 0.6) is 11.5 Å². The first-order chi connectivity index (χ1) is 11.7. The van der Waals surface area contributed by atoms with E-state index in [1.165, 1.54) is 11.1 Å². The fourth-order valence-corrected chi connectivity index (χ4v) is 4.56. The van der Waals surface area contributed by atoms with Crippen molar-refractivity contribution >= 4 is 5.78 Å². The Labute approximate surface area is 143 Å². The van der Waals surface area contributed by atoms with Gasteiger partial charge in [-0.3, -0.25) is 9.69 Å². The second-order valence-corrected chi connectivity index (χ2v) is 7.14. The second kappa shape index (κ2) is 5.92. The highest BCUT2D eigenvalue weighted by Crippen LogP contribution is 2.52. The number of fused-ring (bicyclic) bond motifs is 1. The summed E-state index contributed by atoms with van der Waals surface area (Å²) in [5, 5.41) is 0. The first kappa shape index (κ1) is 15.7. The highest BCUT2D eigenvalue weighted by Gasteiger charge is 2.53. The van der Waals surface area contributed by atoms with E-state index in [-0.39, 0.29) is 11.2 Å². The van der Waals surface area contributed by atoms with Crippen LogP contribution in [0.2, 0.25) is 0 Å². The van der Waals surface area contributed by atoms with Gasteiger partial charge in [0.25, 0.3) is 0 Å². The molecule has 1 aromatic carbocycles. The molecule has 1 saturated heterocycles. The monoisotopic (exact) mass is 327 g/mol. The maximum absolute atomic E-state index is 11.9. The molecule has 0 radical (unpaired) electrons. The molecular formula is C20H25NO3. The van der Waals surface area contributed by atoms with Gasteiger partial charge in [-0.1, -0.05) is 19.4 Å². The summed E-state index contributed by atoms with van der Waals surface area (Å²) in [5.41, 5.74) is 2.61. The van der Waals surface area contributed by atoms with Crippen molar-refractivity contribution in [1.82, 2.24) is 4.90 Å². The summed E-state index contributed by atoms with van der Waals surface area (Å²) in [6, 6.07) is 4.62. The van der Waals surface area contributed by atoms with Crippen LogP contribution in [0.1, 0.15) is 43.7 Å². The molecule has 4 nitrogen and oxygen atoms in total. The smallest absolute Gasteiger partial charge is 0.161 e. The summed E-state index contributed by atoms with van der Waals surface area (Å²) in [4.78, 5) is 14.4. The van der Waals surface area contributed by atoms with E-state index in [4.69, 9.17) is 9.47 Å². The number of methoxy groups -OCH3 is 1. The van der Waals surface area contributed by atoms with Crippen LogP contribution in [-0.4, -0.2) is 37.0 Å². The van der Waals surface area contributed by atoms with Crippen molar-refractivity contribution in [2.75, 3.05) is 20.3 Å². The number of benzene rings is 1. The fourth-order valence-electron chi connectivity index (χ4n) is 4.56. The average molecular weight is 327 g/mol. The van der Waals surface area contributed by atoms with E-state index < -0.39 is 0 Å². The molecule has 2 heterocycles. The van der Waals surface area contributed by atoms with Crippen molar-refractivity contribution in [1.29, 1.82) is 0 Å². The first-order valence-electron chi connectivity index (χ1n) is 8.98. The molecule has 1 aromatic rings. The van der Waals surface area contributed by atoms with Gasteiger partial charge in [0.05, 0.1) is 13.7 Å². The number of carbonyl (C=O) groups is 1. The highest BCUT2D eigenvalue weighted by molar-refractivity contribution is 5.92. The summed E-state index contributed by atoms with van der Waals surface area (Å²) in [6.07, 6.45) is 7.81. The van der Waals surface area contributed by atoms with Crippen molar-refractivity contribution in [2.24, 2.45) is 0 Å². The molecule has 24 heavy (non-hydrogen) atoms. The molecule has 2 bridgehead atoms. The van der Waals surface area contributed by atoms with Crippen LogP contribution in [0.15, 0.2) is 24.3 Å². The quantitative estimate of drug-likeness (QED) is 0.778. The van der Waals surface area contributed by atoms with Crippen molar-refractivity contribution in [3.8, 4) is 11.5 Å². The highest BCUT2D eigenvalue weighted by atomic mass is 16.5. The summed E-state index contributed by atoms with van der Waals surface area (Å²) in [5.74, 6) is 1.90. The molecule has 2 aliphatic heterocycles. The SMILES string of the molecule is CCCCOc1cc2c(cc1OC)[C@@]13C=CC(=O)C[C@@H]1N(CC3)C2. The number of hydrogen-bond donors (Lipinski definition) is 0. The number of ether oxygens (including phenoxy) is 2. The van der Waals surface area contributed by atoms with E-state index in [1.54, 1.807) is 13.2 Å². The number of ketones is 1. The zero-order valence-electron chi connectivity index (χ0n) is 14.5. The van der Waals surface area contributed by atoms with Crippen LogP contribution in [0, 0.1) is 0 Å². The number of carbonyl (C=O) groups excluding carboxylic acids is 1. The predicted octanol–water partition coefficient (Wildman–Crippen LogP) is 3.23. The Kier molecular flexibility index (Phi) is 3.87. The van der Waals surface area contributed by atoms with E-state index in [0.29, 0.717) is 12.5 Å². The minimum atomic E-state index is -0.0310. The number of nitrogens with zero attached hydrogens (tertiary/aromatic N) is 1. The third-order valence-corrected chi connectivity index (χ3v) is 5.83. The summed E-state index contributed by atoms with van der Waals surface area (Å²) in [6.45, 7) is 4.83. The van der Waals surface area contributed by atoms with Gasteiger partial charge in [-0.05, 0) is 42.2 Å². The summed E-state index contributed by atoms with van der Waals surface area (Å²) in [7, 11) is 1.70. The lowest BCUT2D eigenvalue weighted by atomic mass is 9.67. The zero-order chi connectivity index (χ0) is 16.7. The van der Waals surface area contributed by atoms with Gasteiger partial charge in [-0.2, -0.15) is 0 Å². The van der Waals surface area contributed by atoms with E-state index in [2.05, 4.69) is 30.0 Å². The molecule has 0 amide bonds. The van der Waals surface area contributed by atoms with Gasteiger partial charge >= 0.3 is 0 Å². The molecule has 4 rings (SSSR count). The number of allylic oxidation sites excluding steroid dienone is 1. The Bertz CT molecular complexity index is 696. The molecule has 3 aliphatic rings. The lowest BCUT2D eigenvalue weighted by Crippen LogP contribution is -2.48. The normalized spacial score (nSPS) is 30.0. The minimum absolute atomic E-state index is 0.0310. The summed E-state index contributed by atoms with van der Waals surface area (Å²) >= 11 is 0. The number of unbranched alkanes of at least 4 members (excludes halogenated alkanes) is 1. The molecule has 128 valence electrons. The minimum Gasteiger partial charge on any atom is -0.493 e. The van der Waals surface area contributed by atoms with Gasteiger partial charge in [0.2, 0.25) is 0 Å². The fraction of sp³-hybridized carbons (Fsp3) is 0.550. The molecule has 0 aromatic heterocycles. The van der Waals surface area contributed by atoms with Crippen molar-refractivity contribution in [3.63, 3.8) is 0 Å². The Hall–Kier alpha value is -1.81. The Morgan fingerprint density at radius 3 is 3.00 bits per heavy atom. The largest absolute Gasteiger partial charge is 0.493 e. The molecule has 4 heteroatoms. The molecule has 0 N–H and O–H groups in total. The van der Waals surface area contributed by atoms with Gasteiger partial charge < -0.3 is 9.47 Å². The Morgan fingerprint density at radius 2 is 2.21 bits per heavy atom. The van der Waals surface area contributed by atoms with Crippen LogP contribution in [0.4, 0.5) is 0 Å². The van der Waals surface area contributed by atoms with Gasteiger partial charge in [-0.25, -0.2) is 0 Å². The molecule has 0 saturated carbocycles. The number of rotatable bonds is 5. The number of hydrogen-bond acceptors (Lipinski definition) is 4. The van der Waals surface area contributed by atoms with Crippen molar-refractivity contribution in [3.05, 3.63) is 35.4 Å². The van der Waals surface area contributed by atoms with Crippen molar-refractivity contribution in [2.45, 2.75) is 50.6 Å². The maximum Gasteiger partial charge on any atom is 0.161 e. The topological polar surface area (TPSA) is 38.8 Å². The lowest BCUT2D eigenvalue weighted by molar-refractivity contribution is -0.116. The zero-order valence-corrected chi connectivity index (χ0v) is 14.5. The van der Waals surface area contributed by atoms with E-state index in [9.17, 15) is 4.79 Å². The first-order valence-corrected chi connectivity index (χ1v) is 8.98. The molecule has 1 fully saturated rings. The van der Waals surface area contributed by atoms with Crippen LogP contribution in [0.25, 0.3) is 0 Å². The molecule has 1 aliphatic carbocycles. The van der Waals surface area contributed by atoms with Crippen LogP contribution in [0.3, 0.4) is 0 Å². The molecule has 0 spiro atoms. The third kappa shape index (κ3) is 2.27. The van der Waals surface area contributed by atoms with E-state index in [1.807, 2.05) is 0 Å². The van der Waals surface area contributed by atoms with Crippen LogP contribution in [-0.2, 0) is 16.8 Å². The van der Waals surface area contributed by atoms with E-state index >= 15 is 0 Å².